The highest BCUT2D eigenvalue weighted by Crippen LogP contribution is 2.24. The Kier molecular flexibility index (Phi) is 21.3. The van der Waals surface area contributed by atoms with E-state index in [1.807, 2.05) is 0 Å². The van der Waals surface area contributed by atoms with Crippen LogP contribution in [0.25, 0.3) is 0 Å². The number of hydrogen-bond donors (Lipinski definition) is 6. The van der Waals surface area contributed by atoms with Crippen LogP contribution in [0.2, 0.25) is 0 Å². The van der Waals surface area contributed by atoms with Crippen molar-refractivity contribution in [3.8, 4) is 0 Å². The highest BCUT2D eigenvalue weighted by atomic mass is 32.2. The van der Waals surface area contributed by atoms with E-state index in [0.29, 0.717) is 31.7 Å². The van der Waals surface area contributed by atoms with Crippen molar-refractivity contribution in [2.75, 3.05) is 11.5 Å². The second kappa shape index (κ2) is 26.0. The van der Waals surface area contributed by atoms with Gasteiger partial charge in [-0.3, -0.25) is 19.2 Å². The zero-order valence-corrected chi connectivity index (χ0v) is 45.7. The smallest absolute Gasteiger partial charge is 0.243 e. The van der Waals surface area contributed by atoms with Crippen LogP contribution in [0.3, 0.4) is 0 Å². The number of carbonyl (C=O) groups is 4. The Morgan fingerprint density at radius 1 is 0.473 bits per heavy atom. The molecule has 6 N–H and O–H groups in total. The Hall–Kier alpha value is -5.96. The lowest BCUT2D eigenvalue weighted by Crippen LogP contribution is -2.62. The first-order valence-corrected chi connectivity index (χ1v) is 28.1. The number of nitrogens with one attached hydrogen (secondary N) is 4. The fraction of sp³-hybridized carbons (Fsp3) is 0.519. The summed E-state index contributed by atoms with van der Waals surface area (Å²) in [7, 11) is -7.75. The van der Waals surface area contributed by atoms with E-state index in [9.17, 15) is 56.6 Å². The van der Waals surface area contributed by atoms with Gasteiger partial charge in [-0.1, -0.05) is 88.4 Å². The van der Waals surface area contributed by atoms with E-state index in [1.165, 1.54) is 90.6 Å². The third-order valence-electron chi connectivity index (χ3n) is 13.1. The highest BCUT2D eigenvalue weighted by molar-refractivity contribution is 7.93. The number of rotatable bonds is 25. The van der Waals surface area contributed by atoms with Gasteiger partial charge in [-0.2, -0.15) is 9.46 Å². The van der Waals surface area contributed by atoms with E-state index in [0.717, 1.165) is 0 Å². The fourth-order valence-corrected chi connectivity index (χ4v) is 10.7. The van der Waals surface area contributed by atoms with Gasteiger partial charge in [0.1, 0.15) is 24.3 Å². The highest BCUT2D eigenvalue weighted by Gasteiger charge is 2.41. The van der Waals surface area contributed by atoms with Gasteiger partial charge in [-0.15, -0.1) is 0 Å². The first-order valence-electron chi connectivity index (χ1n) is 24.8. The first-order chi connectivity index (χ1) is 34.4. The molecule has 18 nitrogen and oxygen atoms in total. The summed E-state index contributed by atoms with van der Waals surface area (Å²) in [6.45, 7) is 15.8. The Labute approximate surface area is 436 Å². The molecule has 2 heterocycles. The van der Waals surface area contributed by atoms with E-state index in [4.69, 9.17) is 0 Å². The number of benzene rings is 2. The van der Waals surface area contributed by atoms with Crippen LogP contribution >= 0.6 is 0 Å². The van der Waals surface area contributed by atoms with Crippen LogP contribution in [0.4, 0.5) is 0 Å². The van der Waals surface area contributed by atoms with E-state index < -0.39 is 124 Å². The maximum absolute atomic E-state index is 14.5. The van der Waals surface area contributed by atoms with Crippen molar-refractivity contribution in [2.45, 2.75) is 141 Å². The van der Waals surface area contributed by atoms with E-state index in [2.05, 4.69) is 21.3 Å². The van der Waals surface area contributed by atoms with E-state index in [-0.39, 0.29) is 25.7 Å². The molecule has 2 aromatic carbocycles. The molecule has 0 saturated heterocycles. The van der Waals surface area contributed by atoms with Crippen molar-refractivity contribution >= 4 is 43.3 Å². The minimum absolute atomic E-state index is 0.0322. The summed E-state index contributed by atoms with van der Waals surface area (Å²) in [6, 6.07) is 18.5. The third-order valence-corrected chi connectivity index (χ3v) is 18.5. The first kappa shape index (κ1) is 60.6. The van der Waals surface area contributed by atoms with Crippen LogP contribution in [-0.2, 0) is 64.5 Å². The summed E-state index contributed by atoms with van der Waals surface area (Å²) in [5.41, 5.74) is 2.34. The largest absolute Gasteiger partial charge is 0.619 e. The summed E-state index contributed by atoms with van der Waals surface area (Å²) >= 11 is 0. The third kappa shape index (κ3) is 17.6. The molecule has 0 spiro atoms. The predicted octanol–water partition coefficient (Wildman–Crippen LogP) is 2.86. The lowest BCUT2D eigenvalue weighted by atomic mass is 9.90. The summed E-state index contributed by atoms with van der Waals surface area (Å²) in [5.74, 6) is -7.59. The number of nitrogens with zero attached hydrogens (tertiary/aromatic N) is 2. The van der Waals surface area contributed by atoms with Crippen molar-refractivity contribution in [3.05, 3.63) is 142 Å². The molecule has 0 aliphatic heterocycles. The Bertz CT molecular complexity index is 2510. The number of amides is 4. The average Bonchev–Trinajstić information content (AvgIpc) is 3.31. The van der Waals surface area contributed by atoms with Crippen molar-refractivity contribution in [2.24, 2.45) is 23.7 Å². The monoisotopic (exact) mass is 1060 g/mol. The molecule has 0 aliphatic carbocycles. The quantitative estimate of drug-likeness (QED) is 0.0413. The van der Waals surface area contributed by atoms with Crippen LogP contribution in [0.1, 0.15) is 91.5 Å². The molecular formula is C54H76N6O12S2. The standard InChI is InChI=1S/C54H76N6O12S2/c1-35(2)45(57-49(63)41(33-73(69,70)53(5,6)7)29-39-21-25-59(67)26-22-39)51(65)55-43(31-37-17-13-11-14-18-37)47(61)48(62)44(32-38-19-15-12-16-20-38)56-52(66)46(36(3)4)58-50(64)42(34-74(71,72)54(8,9)10)30-40-23-27-60(68)28-24-40/h11-28,35-36,41-48,61-62H,29-34H2,1-10H3,(H,55,65)(H,56,66)(H,57,63)(H,58,64)/t41-,42-,43+,44+,45+,46+,47-,48-/m1/s1. The lowest BCUT2D eigenvalue weighted by Gasteiger charge is -2.35. The van der Waals surface area contributed by atoms with Gasteiger partial charge in [0.25, 0.3) is 0 Å². The second-order valence-corrected chi connectivity index (χ2v) is 27.3. The van der Waals surface area contributed by atoms with Gasteiger partial charge in [-0.25, -0.2) is 16.8 Å². The molecule has 0 fully saturated rings. The number of sulfone groups is 2. The average molecular weight is 1070 g/mol. The molecule has 0 aliphatic rings. The van der Waals surface area contributed by atoms with Crippen LogP contribution in [-0.4, -0.2) is 108 Å². The molecule has 74 heavy (non-hydrogen) atoms. The summed E-state index contributed by atoms with van der Waals surface area (Å²) in [6.07, 6.45) is 1.15. The molecule has 4 aromatic rings. The SMILES string of the molecule is CC(C)[C@H](NC(=O)[C@H](Cc1cc[n+]([O-])cc1)CS(=O)(=O)C(C)(C)C)C(=O)N[C@@H](Cc1ccccc1)[C@@H](O)[C@H](O)[C@H](Cc1ccccc1)NC(=O)[C@@H](NC(=O)[C@H](Cc1cc[n+]([O-])cc1)CS(=O)(=O)C(C)(C)C)C(C)C. The maximum Gasteiger partial charge on any atom is 0.243 e. The zero-order chi connectivity index (χ0) is 55.3. The molecule has 0 saturated carbocycles. The zero-order valence-electron chi connectivity index (χ0n) is 44.1. The second-order valence-electron chi connectivity index (χ2n) is 21.8. The molecule has 20 heteroatoms. The van der Waals surface area contributed by atoms with Gasteiger partial charge in [0.05, 0.1) is 44.9 Å². The van der Waals surface area contributed by atoms with E-state index in [1.54, 1.807) is 88.4 Å². The van der Waals surface area contributed by atoms with Crippen LogP contribution < -0.4 is 30.7 Å². The number of carbonyl (C=O) groups excluding carboxylic acids is 4. The molecule has 4 rings (SSSR count). The predicted molar refractivity (Wildman–Crippen MR) is 282 cm³/mol. The number of aliphatic hydroxyl groups excluding tert-OH is 2. The van der Waals surface area contributed by atoms with Gasteiger partial charge in [0.2, 0.25) is 23.6 Å². The maximum atomic E-state index is 14.5. The van der Waals surface area contributed by atoms with Crippen LogP contribution in [0.15, 0.2) is 110 Å². The molecule has 0 radical (unpaired) electrons. The minimum atomic E-state index is -3.88. The Balaban J connectivity index is 1.67. The van der Waals surface area contributed by atoms with Gasteiger partial charge in [-0.05, 0) is 101 Å². The van der Waals surface area contributed by atoms with Crippen molar-refractivity contribution in [3.63, 3.8) is 0 Å². The Morgan fingerprint density at radius 2 is 0.757 bits per heavy atom. The summed E-state index contributed by atoms with van der Waals surface area (Å²) in [4.78, 5) is 57.4. The number of pyridine rings is 2. The number of hydrogen-bond acceptors (Lipinski definition) is 12. The van der Waals surface area contributed by atoms with Gasteiger partial charge < -0.3 is 41.9 Å². The Morgan fingerprint density at radius 3 is 1.03 bits per heavy atom. The molecule has 4 amide bonds. The molecule has 0 bridgehead atoms. The normalized spacial score (nSPS) is 15.7. The fourth-order valence-electron chi connectivity index (χ4n) is 8.10. The number of aromatic nitrogens is 2. The minimum Gasteiger partial charge on any atom is -0.619 e. The van der Waals surface area contributed by atoms with Crippen LogP contribution in [0, 0.1) is 34.1 Å². The van der Waals surface area contributed by atoms with Gasteiger partial charge >= 0.3 is 0 Å². The molecule has 0 unspecified atom stereocenters. The summed E-state index contributed by atoms with van der Waals surface area (Å²) in [5, 5.41) is 59.3. The topological polar surface area (TPSA) is 279 Å². The van der Waals surface area contributed by atoms with Crippen molar-refractivity contribution in [1.82, 2.24) is 21.3 Å². The molecular weight excluding hydrogens is 989 g/mol. The summed E-state index contributed by atoms with van der Waals surface area (Å²) < 4.78 is 52.7. The van der Waals surface area contributed by atoms with E-state index >= 15 is 0 Å². The van der Waals surface area contributed by atoms with Crippen LogP contribution in [0.5, 0.6) is 0 Å². The van der Waals surface area contributed by atoms with Gasteiger partial charge in [0.15, 0.2) is 44.5 Å². The lowest BCUT2D eigenvalue weighted by molar-refractivity contribution is -0.605. The molecule has 406 valence electrons. The van der Waals surface area contributed by atoms with Crippen molar-refractivity contribution in [1.29, 1.82) is 0 Å². The molecule has 2 aromatic heterocycles. The van der Waals surface area contributed by atoms with Gasteiger partial charge in [0, 0.05) is 24.3 Å². The number of aliphatic hydroxyl groups is 2. The molecule has 8 atom stereocenters. The van der Waals surface area contributed by atoms with Crippen molar-refractivity contribution < 1.29 is 55.7 Å².